The van der Waals surface area contributed by atoms with Gasteiger partial charge >= 0.3 is 5.97 Å². The lowest BCUT2D eigenvalue weighted by molar-refractivity contribution is -0.136. The minimum atomic E-state index is -0.279. The molecule has 0 radical (unpaired) electrons. The summed E-state index contributed by atoms with van der Waals surface area (Å²) in [5, 5.41) is 3.10. The van der Waals surface area contributed by atoms with Crippen molar-refractivity contribution in [2.75, 3.05) is 20.8 Å². The number of hydrogen-bond donors (Lipinski definition) is 1. The SMILES string of the molecule is COc1cccc(OC(=O)C2CCCN2)c1OC. The third-order valence-electron chi connectivity index (χ3n) is 2.92. The van der Waals surface area contributed by atoms with Crippen molar-refractivity contribution in [3.63, 3.8) is 0 Å². The lowest BCUT2D eigenvalue weighted by Crippen LogP contribution is -2.34. The van der Waals surface area contributed by atoms with Gasteiger partial charge in [0.25, 0.3) is 0 Å². The average Bonchev–Trinajstić information content (AvgIpc) is 2.92. The minimum Gasteiger partial charge on any atom is -0.493 e. The van der Waals surface area contributed by atoms with Gasteiger partial charge in [-0.3, -0.25) is 0 Å². The molecular weight excluding hydrogens is 234 g/mol. The number of rotatable bonds is 4. The zero-order chi connectivity index (χ0) is 13.0. The zero-order valence-electron chi connectivity index (χ0n) is 10.6. The Morgan fingerprint density at radius 1 is 1.28 bits per heavy atom. The minimum absolute atomic E-state index is 0.221. The van der Waals surface area contributed by atoms with E-state index in [1.165, 1.54) is 7.11 Å². The maximum atomic E-state index is 11.9. The van der Waals surface area contributed by atoms with Crippen LogP contribution in [0.1, 0.15) is 12.8 Å². The van der Waals surface area contributed by atoms with Crippen molar-refractivity contribution in [1.29, 1.82) is 0 Å². The van der Waals surface area contributed by atoms with E-state index in [9.17, 15) is 4.79 Å². The van der Waals surface area contributed by atoms with Gasteiger partial charge in [-0.2, -0.15) is 0 Å². The van der Waals surface area contributed by atoms with Crippen molar-refractivity contribution in [2.24, 2.45) is 0 Å². The standard InChI is InChI=1S/C13H17NO4/c1-16-10-6-3-7-11(12(10)17-2)18-13(15)9-5-4-8-14-9/h3,6-7,9,14H,4-5,8H2,1-2H3. The molecule has 1 aromatic rings. The summed E-state index contributed by atoms with van der Waals surface area (Å²) < 4.78 is 15.7. The Bertz CT molecular complexity index is 427. The Balaban J connectivity index is 2.15. The number of methoxy groups -OCH3 is 2. The highest BCUT2D eigenvalue weighted by Crippen LogP contribution is 2.36. The number of para-hydroxylation sites is 1. The van der Waals surface area contributed by atoms with Crippen LogP contribution in [0.4, 0.5) is 0 Å². The summed E-state index contributed by atoms with van der Waals surface area (Å²) in [5.74, 6) is 1.09. The summed E-state index contributed by atoms with van der Waals surface area (Å²) >= 11 is 0. The molecule has 1 atom stereocenters. The van der Waals surface area contributed by atoms with E-state index in [0.29, 0.717) is 17.2 Å². The smallest absolute Gasteiger partial charge is 0.328 e. The van der Waals surface area contributed by atoms with Crippen LogP contribution in [0, 0.1) is 0 Å². The highest BCUT2D eigenvalue weighted by molar-refractivity contribution is 5.79. The lowest BCUT2D eigenvalue weighted by Gasteiger charge is -2.14. The second-order valence-electron chi connectivity index (χ2n) is 4.06. The van der Waals surface area contributed by atoms with Gasteiger partial charge in [-0.15, -0.1) is 0 Å². The van der Waals surface area contributed by atoms with E-state index in [0.717, 1.165) is 19.4 Å². The van der Waals surface area contributed by atoms with E-state index >= 15 is 0 Å². The molecule has 5 nitrogen and oxygen atoms in total. The highest BCUT2D eigenvalue weighted by atomic mass is 16.6. The Morgan fingerprint density at radius 2 is 2.06 bits per heavy atom. The number of ether oxygens (including phenoxy) is 3. The molecule has 0 saturated carbocycles. The Hall–Kier alpha value is -1.75. The summed E-state index contributed by atoms with van der Waals surface area (Å²) in [7, 11) is 3.06. The van der Waals surface area contributed by atoms with E-state index in [1.54, 1.807) is 25.3 Å². The van der Waals surface area contributed by atoms with E-state index in [1.807, 2.05) is 0 Å². The molecule has 5 heteroatoms. The summed E-state index contributed by atoms with van der Waals surface area (Å²) in [6, 6.07) is 4.98. The molecule has 0 amide bonds. The van der Waals surface area contributed by atoms with Gasteiger partial charge < -0.3 is 19.5 Å². The number of esters is 1. The molecule has 98 valence electrons. The molecule has 1 aliphatic rings. The number of carbonyl (C=O) groups is 1. The molecule has 2 rings (SSSR count). The Kier molecular flexibility index (Phi) is 4.04. The van der Waals surface area contributed by atoms with Crippen LogP contribution in [-0.2, 0) is 4.79 Å². The van der Waals surface area contributed by atoms with Gasteiger partial charge in [0.15, 0.2) is 11.5 Å². The maximum absolute atomic E-state index is 11.9. The molecule has 1 heterocycles. The van der Waals surface area contributed by atoms with Gasteiger partial charge in [0, 0.05) is 0 Å². The third kappa shape index (κ3) is 2.56. The van der Waals surface area contributed by atoms with Crippen molar-refractivity contribution in [3.8, 4) is 17.2 Å². The largest absolute Gasteiger partial charge is 0.493 e. The monoisotopic (exact) mass is 251 g/mol. The molecule has 0 aliphatic carbocycles. The van der Waals surface area contributed by atoms with Crippen molar-refractivity contribution in [1.82, 2.24) is 5.32 Å². The van der Waals surface area contributed by atoms with Crippen molar-refractivity contribution in [3.05, 3.63) is 18.2 Å². The van der Waals surface area contributed by atoms with E-state index in [-0.39, 0.29) is 12.0 Å². The molecule has 1 unspecified atom stereocenters. The number of benzene rings is 1. The zero-order valence-corrected chi connectivity index (χ0v) is 10.6. The molecule has 1 aromatic carbocycles. The van der Waals surface area contributed by atoms with Gasteiger partial charge in [-0.25, -0.2) is 4.79 Å². The Labute approximate surface area is 106 Å². The fraction of sp³-hybridized carbons (Fsp3) is 0.462. The molecule has 1 saturated heterocycles. The first-order valence-corrected chi connectivity index (χ1v) is 5.92. The molecule has 18 heavy (non-hydrogen) atoms. The topological polar surface area (TPSA) is 56.8 Å². The van der Waals surface area contributed by atoms with Gasteiger partial charge in [-0.1, -0.05) is 6.07 Å². The van der Waals surface area contributed by atoms with Crippen LogP contribution < -0.4 is 19.5 Å². The van der Waals surface area contributed by atoms with Crippen LogP contribution in [0.3, 0.4) is 0 Å². The highest BCUT2D eigenvalue weighted by Gasteiger charge is 2.25. The number of nitrogens with one attached hydrogen (secondary N) is 1. The van der Waals surface area contributed by atoms with Crippen molar-refractivity contribution in [2.45, 2.75) is 18.9 Å². The molecule has 1 fully saturated rings. The third-order valence-corrected chi connectivity index (χ3v) is 2.92. The first kappa shape index (κ1) is 12.7. The van der Waals surface area contributed by atoms with Crippen molar-refractivity contribution >= 4 is 5.97 Å². The summed E-state index contributed by atoms with van der Waals surface area (Å²) in [6.45, 7) is 0.856. The van der Waals surface area contributed by atoms with Crippen LogP contribution >= 0.6 is 0 Å². The van der Waals surface area contributed by atoms with Crippen LogP contribution in [-0.4, -0.2) is 32.8 Å². The first-order valence-electron chi connectivity index (χ1n) is 5.92. The number of carbonyl (C=O) groups excluding carboxylic acids is 1. The second kappa shape index (κ2) is 5.73. The van der Waals surface area contributed by atoms with Gasteiger partial charge in [0.2, 0.25) is 5.75 Å². The van der Waals surface area contributed by atoms with Gasteiger partial charge in [0.05, 0.1) is 14.2 Å². The summed E-state index contributed by atoms with van der Waals surface area (Å²) in [6.07, 6.45) is 1.81. The second-order valence-corrected chi connectivity index (χ2v) is 4.06. The normalized spacial score (nSPS) is 18.4. The van der Waals surface area contributed by atoms with Crippen LogP contribution in [0.15, 0.2) is 18.2 Å². The van der Waals surface area contributed by atoms with E-state index < -0.39 is 0 Å². The lowest BCUT2D eigenvalue weighted by atomic mass is 10.2. The Morgan fingerprint density at radius 3 is 2.67 bits per heavy atom. The average molecular weight is 251 g/mol. The van der Waals surface area contributed by atoms with Crippen LogP contribution in [0.5, 0.6) is 17.2 Å². The molecule has 0 bridgehead atoms. The molecule has 0 spiro atoms. The predicted molar refractivity (Wildman–Crippen MR) is 66.2 cm³/mol. The molecular formula is C13H17NO4. The van der Waals surface area contributed by atoms with Crippen LogP contribution in [0.25, 0.3) is 0 Å². The predicted octanol–water partition coefficient (Wildman–Crippen LogP) is 1.36. The summed E-state index contributed by atoms with van der Waals surface area (Å²) in [5.41, 5.74) is 0. The van der Waals surface area contributed by atoms with Crippen molar-refractivity contribution < 1.29 is 19.0 Å². The molecule has 1 aliphatic heterocycles. The summed E-state index contributed by atoms with van der Waals surface area (Å²) in [4.78, 5) is 11.9. The fourth-order valence-electron chi connectivity index (χ4n) is 2.00. The van der Waals surface area contributed by atoms with Gasteiger partial charge in [0.1, 0.15) is 6.04 Å². The van der Waals surface area contributed by atoms with Gasteiger partial charge in [-0.05, 0) is 31.5 Å². The van der Waals surface area contributed by atoms with E-state index in [4.69, 9.17) is 14.2 Å². The molecule has 0 aromatic heterocycles. The number of hydrogen-bond acceptors (Lipinski definition) is 5. The fourth-order valence-corrected chi connectivity index (χ4v) is 2.00. The van der Waals surface area contributed by atoms with E-state index in [2.05, 4.69) is 5.32 Å². The first-order chi connectivity index (χ1) is 8.76. The maximum Gasteiger partial charge on any atom is 0.328 e. The quantitative estimate of drug-likeness (QED) is 0.647. The molecule has 1 N–H and O–H groups in total. The van der Waals surface area contributed by atoms with Crippen LogP contribution in [0.2, 0.25) is 0 Å².